The van der Waals surface area contributed by atoms with Crippen LogP contribution in [0.5, 0.6) is 5.75 Å². The molecule has 0 radical (unpaired) electrons. The summed E-state index contributed by atoms with van der Waals surface area (Å²) in [5, 5.41) is 9.33. The number of ether oxygens (including phenoxy) is 1. The molecule has 1 amide bonds. The Morgan fingerprint density at radius 1 is 1.38 bits per heavy atom. The molecule has 1 N–H and O–H groups in total. The van der Waals surface area contributed by atoms with Gasteiger partial charge in [-0.1, -0.05) is 12.1 Å². The molecule has 21 heavy (non-hydrogen) atoms. The van der Waals surface area contributed by atoms with Crippen molar-refractivity contribution in [2.45, 2.75) is 31.7 Å². The van der Waals surface area contributed by atoms with Gasteiger partial charge in [0.15, 0.2) is 5.60 Å². The first-order valence-corrected chi connectivity index (χ1v) is 6.23. The molecule has 1 aromatic rings. The Labute approximate surface area is 121 Å². The van der Waals surface area contributed by atoms with Gasteiger partial charge >= 0.3 is 6.18 Å². The van der Waals surface area contributed by atoms with Gasteiger partial charge in [-0.15, -0.1) is 0 Å². The molecule has 1 atom stereocenters. The summed E-state index contributed by atoms with van der Waals surface area (Å²) in [7, 11) is 2.88. The first-order chi connectivity index (χ1) is 9.56. The number of methoxy groups -OCH3 is 1. The molecule has 0 spiro atoms. The fraction of sp³-hybridized carbons (Fsp3) is 0.500. The fourth-order valence-electron chi connectivity index (χ4n) is 1.66. The number of halogens is 3. The van der Waals surface area contributed by atoms with E-state index in [0.717, 1.165) is 10.5 Å². The number of hydrogen-bond donors (Lipinski definition) is 1. The summed E-state index contributed by atoms with van der Waals surface area (Å²) in [5.41, 5.74) is -2.32. The summed E-state index contributed by atoms with van der Waals surface area (Å²) in [6, 6.07) is 6.86. The molecule has 0 aliphatic carbocycles. The zero-order valence-electron chi connectivity index (χ0n) is 12.1. The Morgan fingerprint density at radius 2 is 2.00 bits per heavy atom. The first kappa shape index (κ1) is 17.3. The molecular weight excluding hydrogens is 287 g/mol. The van der Waals surface area contributed by atoms with Crippen LogP contribution < -0.4 is 4.74 Å². The van der Waals surface area contributed by atoms with Crippen LogP contribution in [0.3, 0.4) is 0 Å². The second-order valence-electron chi connectivity index (χ2n) is 5.05. The van der Waals surface area contributed by atoms with Gasteiger partial charge in [-0.05, 0) is 24.6 Å². The highest BCUT2D eigenvalue weighted by Gasteiger charge is 2.51. The van der Waals surface area contributed by atoms with Crippen LogP contribution in [-0.4, -0.2) is 41.8 Å². The van der Waals surface area contributed by atoms with E-state index in [2.05, 4.69) is 0 Å². The molecule has 0 unspecified atom stereocenters. The van der Waals surface area contributed by atoms with Crippen LogP contribution in [0.1, 0.15) is 18.9 Å². The lowest BCUT2D eigenvalue weighted by Gasteiger charge is -2.28. The lowest BCUT2D eigenvalue weighted by atomic mass is 10.0. The highest BCUT2D eigenvalue weighted by atomic mass is 19.4. The predicted octanol–water partition coefficient (Wildman–Crippen LogP) is 2.36. The van der Waals surface area contributed by atoms with E-state index in [9.17, 15) is 23.1 Å². The summed E-state index contributed by atoms with van der Waals surface area (Å²) in [4.78, 5) is 12.9. The molecule has 0 saturated heterocycles. The third-order valence-electron chi connectivity index (χ3n) is 3.09. The molecular formula is C14H18F3NO3. The Morgan fingerprint density at radius 3 is 2.52 bits per heavy atom. The molecule has 118 valence electrons. The van der Waals surface area contributed by atoms with Crippen LogP contribution in [-0.2, 0) is 11.3 Å². The first-order valence-electron chi connectivity index (χ1n) is 6.23. The molecule has 4 nitrogen and oxygen atoms in total. The monoisotopic (exact) mass is 305 g/mol. The number of carbonyl (C=O) groups excluding carboxylic acids is 1. The minimum atomic E-state index is -4.85. The fourth-order valence-corrected chi connectivity index (χ4v) is 1.66. The average molecular weight is 305 g/mol. The number of aliphatic hydroxyl groups is 1. The van der Waals surface area contributed by atoms with Gasteiger partial charge in [-0.2, -0.15) is 13.2 Å². The molecule has 1 rings (SSSR count). The molecule has 0 fully saturated rings. The molecule has 0 bridgehead atoms. The maximum absolute atomic E-state index is 12.5. The molecule has 7 heteroatoms. The summed E-state index contributed by atoms with van der Waals surface area (Å²) in [5.74, 6) is -0.198. The van der Waals surface area contributed by atoms with Crippen LogP contribution in [0.4, 0.5) is 13.2 Å². The van der Waals surface area contributed by atoms with Crippen LogP contribution >= 0.6 is 0 Å². The van der Waals surface area contributed by atoms with E-state index in [4.69, 9.17) is 4.74 Å². The van der Waals surface area contributed by atoms with E-state index in [1.807, 2.05) is 0 Å². The van der Waals surface area contributed by atoms with Crippen molar-refractivity contribution in [1.82, 2.24) is 4.90 Å². The third-order valence-corrected chi connectivity index (χ3v) is 3.09. The minimum Gasteiger partial charge on any atom is -0.497 e. The summed E-state index contributed by atoms with van der Waals surface area (Å²) in [6.45, 7) is 0.717. The summed E-state index contributed by atoms with van der Waals surface area (Å²) in [6.07, 6.45) is -5.86. The maximum atomic E-state index is 12.5. The SMILES string of the molecule is COc1cccc(CN(C)C(=O)C[C@@](C)(O)C(F)(F)F)c1. The van der Waals surface area contributed by atoms with Gasteiger partial charge in [0.25, 0.3) is 0 Å². The van der Waals surface area contributed by atoms with Crippen LogP contribution in [0.25, 0.3) is 0 Å². The second-order valence-corrected chi connectivity index (χ2v) is 5.05. The van der Waals surface area contributed by atoms with Gasteiger partial charge in [-0.3, -0.25) is 4.79 Å². The predicted molar refractivity (Wildman–Crippen MR) is 70.8 cm³/mol. The van der Waals surface area contributed by atoms with Crippen LogP contribution in [0.15, 0.2) is 24.3 Å². The smallest absolute Gasteiger partial charge is 0.417 e. The molecule has 0 aliphatic rings. The van der Waals surface area contributed by atoms with E-state index in [1.165, 1.54) is 14.2 Å². The van der Waals surface area contributed by atoms with Gasteiger partial charge in [0.1, 0.15) is 5.75 Å². The van der Waals surface area contributed by atoms with Crippen molar-refractivity contribution in [3.8, 4) is 5.75 Å². The number of nitrogens with zero attached hydrogens (tertiary/aromatic N) is 1. The zero-order valence-corrected chi connectivity index (χ0v) is 12.1. The standard InChI is InChI=1S/C14H18F3NO3/c1-13(20,14(15,16)17)8-12(19)18(2)9-10-5-4-6-11(7-10)21-3/h4-7,20H,8-9H2,1-3H3/t13-/m1/s1. The summed E-state index contributed by atoms with van der Waals surface area (Å²) < 4.78 is 42.7. The molecule has 0 aromatic heterocycles. The number of carbonyl (C=O) groups is 1. The average Bonchev–Trinajstić information content (AvgIpc) is 2.37. The molecule has 0 aliphatic heterocycles. The van der Waals surface area contributed by atoms with Crippen molar-refractivity contribution >= 4 is 5.91 Å². The lowest BCUT2D eigenvalue weighted by Crippen LogP contribution is -2.46. The van der Waals surface area contributed by atoms with Crippen LogP contribution in [0, 0.1) is 0 Å². The highest BCUT2D eigenvalue weighted by Crippen LogP contribution is 2.33. The van der Waals surface area contributed by atoms with Gasteiger partial charge in [0.05, 0.1) is 13.5 Å². The second kappa shape index (κ2) is 6.34. The third kappa shape index (κ3) is 4.63. The van der Waals surface area contributed by atoms with Gasteiger partial charge in [0, 0.05) is 13.6 Å². The lowest BCUT2D eigenvalue weighted by molar-refractivity contribution is -0.254. The number of amides is 1. The van der Waals surface area contributed by atoms with Gasteiger partial charge in [-0.25, -0.2) is 0 Å². The zero-order chi connectivity index (χ0) is 16.3. The largest absolute Gasteiger partial charge is 0.497 e. The minimum absolute atomic E-state index is 0.129. The quantitative estimate of drug-likeness (QED) is 0.908. The van der Waals surface area contributed by atoms with E-state index in [0.29, 0.717) is 12.7 Å². The van der Waals surface area contributed by atoms with E-state index in [-0.39, 0.29) is 6.54 Å². The van der Waals surface area contributed by atoms with Crippen molar-refractivity contribution in [3.05, 3.63) is 29.8 Å². The Bertz CT molecular complexity index is 500. The topological polar surface area (TPSA) is 49.8 Å². The Kier molecular flexibility index (Phi) is 5.22. The Hall–Kier alpha value is -1.76. The molecule has 1 aromatic carbocycles. The van der Waals surface area contributed by atoms with Gasteiger partial charge in [0.2, 0.25) is 5.91 Å². The van der Waals surface area contributed by atoms with E-state index < -0.39 is 24.1 Å². The maximum Gasteiger partial charge on any atom is 0.417 e. The molecule has 0 heterocycles. The van der Waals surface area contributed by atoms with E-state index in [1.54, 1.807) is 24.3 Å². The Balaban J connectivity index is 2.71. The van der Waals surface area contributed by atoms with E-state index >= 15 is 0 Å². The number of rotatable bonds is 5. The highest BCUT2D eigenvalue weighted by molar-refractivity contribution is 5.77. The van der Waals surface area contributed by atoms with Crippen molar-refractivity contribution in [2.24, 2.45) is 0 Å². The normalized spacial score (nSPS) is 14.4. The number of alkyl halides is 3. The van der Waals surface area contributed by atoms with Gasteiger partial charge < -0.3 is 14.7 Å². The summed E-state index contributed by atoms with van der Waals surface area (Å²) >= 11 is 0. The van der Waals surface area contributed by atoms with Crippen molar-refractivity contribution in [3.63, 3.8) is 0 Å². The van der Waals surface area contributed by atoms with Crippen molar-refractivity contribution in [1.29, 1.82) is 0 Å². The number of hydrogen-bond acceptors (Lipinski definition) is 3. The molecule has 0 saturated carbocycles. The van der Waals surface area contributed by atoms with Crippen molar-refractivity contribution in [2.75, 3.05) is 14.2 Å². The number of benzene rings is 1. The van der Waals surface area contributed by atoms with Crippen LogP contribution in [0.2, 0.25) is 0 Å². The van der Waals surface area contributed by atoms with Crippen molar-refractivity contribution < 1.29 is 27.8 Å².